The van der Waals surface area contributed by atoms with Gasteiger partial charge in [-0.15, -0.1) is 11.8 Å². The predicted molar refractivity (Wildman–Crippen MR) is 115 cm³/mol. The van der Waals surface area contributed by atoms with Crippen molar-refractivity contribution in [3.05, 3.63) is 29.6 Å². The molecule has 0 saturated carbocycles. The van der Waals surface area contributed by atoms with E-state index in [0.29, 0.717) is 49.2 Å². The summed E-state index contributed by atoms with van der Waals surface area (Å²) in [6.45, 7) is 7.27. The highest BCUT2D eigenvalue weighted by Gasteiger charge is 2.27. The molecule has 0 bridgehead atoms. The highest BCUT2D eigenvalue weighted by Crippen LogP contribution is 2.23. The molecule has 6 nitrogen and oxygen atoms in total. The fraction of sp³-hybridized carbons (Fsp3) is 0.591. The van der Waals surface area contributed by atoms with Crippen LogP contribution >= 0.6 is 11.8 Å². The molecule has 2 saturated heterocycles. The van der Waals surface area contributed by atoms with Crippen molar-refractivity contribution < 1.29 is 18.8 Å². The molecule has 8 heteroatoms. The van der Waals surface area contributed by atoms with E-state index in [1.807, 2.05) is 4.90 Å². The topological polar surface area (TPSA) is 60.9 Å². The molecule has 2 fully saturated rings. The zero-order valence-corrected chi connectivity index (χ0v) is 18.5. The van der Waals surface area contributed by atoms with Gasteiger partial charge >= 0.3 is 0 Å². The second kappa shape index (κ2) is 10.4. The first-order chi connectivity index (χ1) is 14.3. The van der Waals surface area contributed by atoms with E-state index >= 15 is 0 Å². The van der Waals surface area contributed by atoms with E-state index in [2.05, 4.69) is 11.8 Å². The number of halogens is 1. The molecule has 0 N–H and O–H groups in total. The number of piperidine rings is 1. The van der Waals surface area contributed by atoms with Crippen molar-refractivity contribution in [2.45, 2.75) is 44.0 Å². The lowest BCUT2D eigenvalue weighted by Gasteiger charge is -2.38. The lowest BCUT2D eigenvalue weighted by Crippen LogP contribution is -2.53. The van der Waals surface area contributed by atoms with E-state index in [1.165, 1.54) is 19.4 Å². The van der Waals surface area contributed by atoms with Gasteiger partial charge in [0, 0.05) is 49.2 Å². The number of hydrogen-bond donors (Lipinski definition) is 0. The maximum atomic E-state index is 14.1. The van der Waals surface area contributed by atoms with Crippen LogP contribution in [0.2, 0.25) is 0 Å². The third-order valence-electron chi connectivity index (χ3n) is 5.90. The number of nitrogens with zero attached hydrogens (tertiary/aromatic N) is 3. The van der Waals surface area contributed by atoms with Gasteiger partial charge in [-0.25, -0.2) is 4.39 Å². The Hall–Kier alpha value is -1.93. The number of carbonyl (C=O) groups excluding carboxylic acids is 3. The summed E-state index contributed by atoms with van der Waals surface area (Å²) in [6.07, 6.45) is 3.34. The summed E-state index contributed by atoms with van der Waals surface area (Å²) in [6, 6.07) is 4.66. The summed E-state index contributed by atoms with van der Waals surface area (Å²) in [7, 11) is 0. The van der Waals surface area contributed by atoms with Crippen LogP contribution in [-0.4, -0.2) is 83.4 Å². The maximum absolute atomic E-state index is 14.1. The van der Waals surface area contributed by atoms with Gasteiger partial charge in [0.15, 0.2) is 5.78 Å². The Morgan fingerprint density at radius 3 is 2.43 bits per heavy atom. The summed E-state index contributed by atoms with van der Waals surface area (Å²) in [5.41, 5.74) is 0.327. The van der Waals surface area contributed by atoms with Gasteiger partial charge in [-0.3, -0.25) is 19.3 Å². The van der Waals surface area contributed by atoms with Crippen molar-refractivity contribution >= 4 is 29.4 Å². The summed E-state index contributed by atoms with van der Waals surface area (Å²) in [4.78, 5) is 42.7. The predicted octanol–water partition coefficient (Wildman–Crippen LogP) is 2.67. The fourth-order valence-corrected chi connectivity index (χ4v) is 4.80. The quantitative estimate of drug-likeness (QED) is 0.508. The van der Waals surface area contributed by atoms with Crippen LogP contribution in [0.25, 0.3) is 0 Å². The van der Waals surface area contributed by atoms with Gasteiger partial charge in [-0.2, -0.15) is 0 Å². The first kappa shape index (κ1) is 22.7. The lowest BCUT2D eigenvalue weighted by atomic mass is 10.0. The Kier molecular flexibility index (Phi) is 7.88. The van der Waals surface area contributed by atoms with Gasteiger partial charge in [-0.1, -0.05) is 6.07 Å². The maximum Gasteiger partial charge on any atom is 0.236 e. The van der Waals surface area contributed by atoms with Crippen molar-refractivity contribution in [3.8, 4) is 0 Å². The van der Waals surface area contributed by atoms with Crippen LogP contribution in [-0.2, 0) is 9.59 Å². The van der Waals surface area contributed by atoms with Crippen molar-refractivity contribution in [2.75, 3.05) is 45.0 Å². The highest BCUT2D eigenvalue weighted by atomic mass is 32.2. The number of likely N-dealkylation sites (tertiary alicyclic amines) is 1. The molecule has 0 spiro atoms. The molecule has 2 aliphatic rings. The summed E-state index contributed by atoms with van der Waals surface area (Å²) in [5, 5.41) is 0. The number of ketones is 1. The van der Waals surface area contributed by atoms with Gasteiger partial charge in [-0.05, 0) is 45.2 Å². The average Bonchev–Trinajstić information content (AvgIpc) is 2.73. The van der Waals surface area contributed by atoms with Crippen molar-refractivity contribution in [1.82, 2.24) is 14.7 Å². The van der Waals surface area contributed by atoms with Gasteiger partial charge < -0.3 is 9.80 Å². The van der Waals surface area contributed by atoms with Crippen LogP contribution in [0, 0.1) is 5.82 Å². The number of rotatable bonds is 6. The number of thioether (sulfide) groups is 1. The van der Waals surface area contributed by atoms with Crippen molar-refractivity contribution in [3.63, 3.8) is 0 Å². The SMILES string of the molecule is CC(=O)c1ccc(SCC(=O)N2CCN(CC(=O)N3CCCCC3C)CC2)c(F)c1. The zero-order valence-electron chi connectivity index (χ0n) is 17.7. The lowest BCUT2D eigenvalue weighted by molar-refractivity contribution is -0.136. The van der Waals surface area contributed by atoms with Crippen molar-refractivity contribution in [1.29, 1.82) is 0 Å². The third kappa shape index (κ3) is 5.82. The van der Waals surface area contributed by atoms with E-state index in [9.17, 15) is 18.8 Å². The Morgan fingerprint density at radius 1 is 1.07 bits per heavy atom. The molecule has 3 rings (SSSR count). The molecule has 2 heterocycles. The molecule has 1 unspecified atom stereocenters. The highest BCUT2D eigenvalue weighted by molar-refractivity contribution is 8.00. The first-order valence-electron chi connectivity index (χ1n) is 10.6. The zero-order chi connectivity index (χ0) is 21.7. The molecule has 2 amide bonds. The van der Waals surface area contributed by atoms with Gasteiger partial charge in [0.05, 0.1) is 12.3 Å². The van der Waals surface area contributed by atoms with Crippen LogP contribution in [0.3, 0.4) is 0 Å². The fourth-order valence-electron chi connectivity index (χ4n) is 3.97. The van der Waals surface area contributed by atoms with Gasteiger partial charge in [0.1, 0.15) is 5.82 Å². The molecule has 164 valence electrons. The smallest absolute Gasteiger partial charge is 0.236 e. The molecular weight excluding hydrogens is 405 g/mol. The Labute approximate surface area is 181 Å². The van der Waals surface area contributed by atoms with E-state index in [0.717, 1.165) is 31.1 Å². The van der Waals surface area contributed by atoms with Crippen LogP contribution in [0.1, 0.15) is 43.5 Å². The molecule has 0 radical (unpaired) electrons. The van der Waals surface area contributed by atoms with E-state index in [-0.39, 0.29) is 23.4 Å². The van der Waals surface area contributed by atoms with Crippen LogP contribution in [0.5, 0.6) is 0 Å². The summed E-state index contributed by atoms with van der Waals surface area (Å²) >= 11 is 1.15. The molecule has 2 aliphatic heterocycles. The largest absolute Gasteiger partial charge is 0.339 e. The molecular formula is C22H30FN3O3S. The normalized spacial score (nSPS) is 20.3. The van der Waals surface area contributed by atoms with Crippen molar-refractivity contribution in [2.24, 2.45) is 0 Å². The number of hydrogen-bond acceptors (Lipinski definition) is 5. The van der Waals surface area contributed by atoms with Crippen LogP contribution in [0.4, 0.5) is 4.39 Å². The average molecular weight is 436 g/mol. The van der Waals surface area contributed by atoms with Crippen LogP contribution in [0.15, 0.2) is 23.1 Å². The number of Topliss-reactive ketones (excluding diaryl/α,β-unsaturated/α-hetero) is 1. The minimum Gasteiger partial charge on any atom is -0.339 e. The van der Waals surface area contributed by atoms with Gasteiger partial charge in [0.25, 0.3) is 0 Å². The first-order valence-corrected chi connectivity index (χ1v) is 11.6. The number of carbonyl (C=O) groups is 3. The summed E-state index contributed by atoms with van der Waals surface area (Å²) < 4.78 is 14.1. The molecule has 1 atom stereocenters. The van der Waals surface area contributed by atoms with E-state index < -0.39 is 5.82 Å². The monoisotopic (exact) mass is 435 g/mol. The van der Waals surface area contributed by atoms with E-state index in [1.54, 1.807) is 17.0 Å². The number of piperazine rings is 1. The molecule has 30 heavy (non-hydrogen) atoms. The second-order valence-corrected chi connectivity index (χ2v) is 9.10. The third-order valence-corrected chi connectivity index (χ3v) is 6.93. The molecule has 0 aliphatic carbocycles. The summed E-state index contributed by atoms with van der Waals surface area (Å²) in [5.74, 6) is -0.364. The standard InChI is InChI=1S/C22H30FN3O3S/c1-16-5-3-4-8-26(16)21(28)14-24-9-11-25(12-10-24)22(29)15-30-20-7-6-18(17(2)27)13-19(20)23/h6-7,13,16H,3-5,8-12,14-15H2,1-2H3. The number of amides is 2. The minimum absolute atomic E-state index is 0.0364. The minimum atomic E-state index is -0.476. The van der Waals surface area contributed by atoms with Crippen LogP contribution < -0.4 is 0 Å². The molecule has 1 aromatic rings. The Balaban J connectivity index is 1.43. The second-order valence-electron chi connectivity index (χ2n) is 8.08. The Bertz CT molecular complexity index is 796. The van der Waals surface area contributed by atoms with E-state index in [4.69, 9.17) is 0 Å². The molecule has 0 aromatic heterocycles. The van der Waals surface area contributed by atoms with Gasteiger partial charge in [0.2, 0.25) is 11.8 Å². The molecule has 1 aromatic carbocycles. The Morgan fingerprint density at radius 2 is 1.80 bits per heavy atom. The number of benzene rings is 1.